The highest BCUT2D eigenvalue weighted by Gasteiger charge is 2.14. The molecule has 0 aromatic heterocycles. The van der Waals surface area contributed by atoms with E-state index < -0.39 is 23.3 Å². The first-order valence-electron chi connectivity index (χ1n) is 10.0. The summed E-state index contributed by atoms with van der Waals surface area (Å²) in [6.45, 7) is 6.03. The fraction of sp³-hybridized carbons (Fsp3) is 0.111. The average Bonchev–Trinajstić information content (AvgIpc) is 2.79. The molecule has 0 saturated carbocycles. The number of benzene rings is 4. The quantitative estimate of drug-likeness (QED) is 0.229. The van der Waals surface area contributed by atoms with Gasteiger partial charge in [0.2, 0.25) is 0 Å². The van der Waals surface area contributed by atoms with E-state index in [1.165, 1.54) is 17.7 Å². The van der Waals surface area contributed by atoms with E-state index in [0.29, 0.717) is 5.56 Å². The number of rotatable bonds is 3. The van der Waals surface area contributed by atoms with Crippen molar-refractivity contribution in [2.24, 2.45) is 0 Å². The molecule has 0 saturated heterocycles. The van der Waals surface area contributed by atoms with Crippen molar-refractivity contribution in [3.8, 4) is 33.4 Å². The molecule has 31 heavy (non-hydrogen) atoms. The summed E-state index contributed by atoms with van der Waals surface area (Å²) < 4.78 is 54.7. The van der Waals surface area contributed by atoms with Crippen LogP contribution in [0.15, 0.2) is 78.9 Å². The molecule has 0 bridgehead atoms. The molecule has 0 fully saturated rings. The molecule has 0 spiro atoms. The van der Waals surface area contributed by atoms with Crippen LogP contribution in [0, 0.1) is 30.2 Å². The van der Waals surface area contributed by atoms with Crippen molar-refractivity contribution >= 4 is 0 Å². The smallest absolute Gasteiger partial charge is 0.194 e. The van der Waals surface area contributed by atoms with Crippen LogP contribution in [0.2, 0.25) is 0 Å². The predicted molar refractivity (Wildman–Crippen MR) is 119 cm³/mol. The monoisotopic (exact) mass is 422 g/mol. The first kappa shape index (κ1) is 22.3. The molecule has 4 rings (SSSR count). The molecule has 4 aromatic rings. The Kier molecular flexibility index (Phi) is 6.91. The van der Waals surface area contributed by atoms with Crippen molar-refractivity contribution < 1.29 is 17.6 Å². The van der Waals surface area contributed by atoms with Gasteiger partial charge in [0.15, 0.2) is 17.5 Å². The maximum atomic E-state index is 14.6. The lowest BCUT2D eigenvalue weighted by Gasteiger charge is -2.09. The number of aryl methyl sites for hydroxylation is 1. The van der Waals surface area contributed by atoms with Gasteiger partial charge in [-0.2, -0.15) is 0 Å². The van der Waals surface area contributed by atoms with Gasteiger partial charge in [-0.25, -0.2) is 17.6 Å². The van der Waals surface area contributed by atoms with Crippen LogP contribution in [-0.2, 0) is 0 Å². The van der Waals surface area contributed by atoms with E-state index in [4.69, 9.17) is 0 Å². The summed E-state index contributed by atoms with van der Waals surface area (Å²) in [5.41, 5.74) is 4.70. The summed E-state index contributed by atoms with van der Waals surface area (Å²) in [5.74, 6) is -4.92. The highest BCUT2D eigenvalue weighted by atomic mass is 19.2. The number of hydrogen-bond donors (Lipinski definition) is 0. The number of halogens is 4. The van der Waals surface area contributed by atoms with Crippen molar-refractivity contribution in [3.63, 3.8) is 0 Å². The second-order valence-corrected chi connectivity index (χ2v) is 6.89. The van der Waals surface area contributed by atoms with E-state index in [-0.39, 0.29) is 11.1 Å². The largest absolute Gasteiger partial charge is 0.206 e. The fourth-order valence-electron chi connectivity index (χ4n) is 3.24. The van der Waals surface area contributed by atoms with Crippen molar-refractivity contribution in [3.05, 3.63) is 108 Å². The highest BCUT2D eigenvalue weighted by molar-refractivity contribution is 5.73. The molecule has 0 amide bonds. The molecule has 0 aliphatic carbocycles. The van der Waals surface area contributed by atoms with Gasteiger partial charge in [-0.15, -0.1) is 0 Å². The topological polar surface area (TPSA) is 0 Å². The standard InChI is InChI=1S/C25H16F4.C2H6/c1-15-2-4-16(5-3-15)17-6-8-18(9-7-17)19-10-11-21(22(26)12-19)20-13-23(27)25(29)24(28)14-20;1-2/h2-14H,1H3;1-2H3. The Labute approximate surface area is 179 Å². The first-order valence-corrected chi connectivity index (χ1v) is 10.0. The Balaban J connectivity index is 0.00000132. The van der Waals surface area contributed by atoms with Gasteiger partial charge in [0.25, 0.3) is 0 Å². The molecule has 4 aromatic carbocycles. The van der Waals surface area contributed by atoms with Crippen LogP contribution >= 0.6 is 0 Å². The van der Waals surface area contributed by atoms with Crippen molar-refractivity contribution in [1.29, 1.82) is 0 Å². The first-order chi connectivity index (χ1) is 14.9. The van der Waals surface area contributed by atoms with Crippen LogP contribution in [0.25, 0.3) is 33.4 Å². The van der Waals surface area contributed by atoms with Crippen LogP contribution in [0.1, 0.15) is 19.4 Å². The highest BCUT2D eigenvalue weighted by Crippen LogP contribution is 2.31. The molecule has 158 valence electrons. The van der Waals surface area contributed by atoms with E-state index in [2.05, 4.69) is 0 Å². The molecule has 0 unspecified atom stereocenters. The minimum Gasteiger partial charge on any atom is -0.206 e. The Hall–Kier alpha value is -3.40. The zero-order valence-electron chi connectivity index (χ0n) is 17.5. The van der Waals surface area contributed by atoms with Crippen molar-refractivity contribution in [1.82, 2.24) is 0 Å². The summed E-state index contributed by atoms with van der Waals surface area (Å²) in [7, 11) is 0. The second-order valence-electron chi connectivity index (χ2n) is 6.89. The molecule has 0 heterocycles. The number of hydrogen-bond acceptors (Lipinski definition) is 0. The third-order valence-corrected chi connectivity index (χ3v) is 4.87. The van der Waals surface area contributed by atoms with Gasteiger partial charge < -0.3 is 0 Å². The Morgan fingerprint density at radius 1 is 0.452 bits per heavy atom. The van der Waals surface area contributed by atoms with Gasteiger partial charge >= 0.3 is 0 Å². The zero-order chi connectivity index (χ0) is 22.5. The summed E-state index contributed by atoms with van der Waals surface area (Å²) in [6, 6.07) is 21.8. The average molecular weight is 422 g/mol. The summed E-state index contributed by atoms with van der Waals surface area (Å²) in [4.78, 5) is 0. The minimum atomic E-state index is -1.57. The SMILES string of the molecule is CC.Cc1ccc(-c2ccc(-c3ccc(-c4cc(F)c(F)c(F)c4)c(F)c3)cc2)cc1. The molecule has 0 aliphatic rings. The molecule has 0 aliphatic heterocycles. The van der Waals surface area contributed by atoms with Gasteiger partial charge in [-0.3, -0.25) is 0 Å². The third kappa shape index (κ3) is 4.85. The lowest BCUT2D eigenvalue weighted by atomic mass is 9.97. The molecule has 0 N–H and O–H groups in total. The van der Waals surface area contributed by atoms with Gasteiger partial charge in [0, 0.05) is 5.56 Å². The van der Waals surface area contributed by atoms with Crippen LogP contribution in [0.3, 0.4) is 0 Å². The van der Waals surface area contributed by atoms with Gasteiger partial charge in [0.1, 0.15) is 5.82 Å². The zero-order valence-corrected chi connectivity index (χ0v) is 17.5. The van der Waals surface area contributed by atoms with Crippen LogP contribution in [-0.4, -0.2) is 0 Å². The lowest BCUT2D eigenvalue weighted by molar-refractivity contribution is 0.447. The van der Waals surface area contributed by atoms with E-state index in [9.17, 15) is 17.6 Å². The summed E-state index contributed by atoms with van der Waals surface area (Å²) >= 11 is 0. The van der Waals surface area contributed by atoms with Crippen molar-refractivity contribution in [2.75, 3.05) is 0 Å². The van der Waals surface area contributed by atoms with Crippen LogP contribution in [0.4, 0.5) is 17.6 Å². The second kappa shape index (κ2) is 9.61. The molecular weight excluding hydrogens is 400 g/mol. The normalized spacial score (nSPS) is 10.4. The Bertz CT molecular complexity index is 1150. The van der Waals surface area contributed by atoms with Gasteiger partial charge in [0.05, 0.1) is 0 Å². The maximum absolute atomic E-state index is 14.6. The summed E-state index contributed by atoms with van der Waals surface area (Å²) in [6.07, 6.45) is 0. The van der Waals surface area contributed by atoms with Gasteiger partial charge in [-0.05, 0) is 52.9 Å². The van der Waals surface area contributed by atoms with Gasteiger partial charge in [-0.1, -0.05) is 80.1 Å². The summed E-state index contributed by atoms with van der Waals surface area (Å²) in [5, 5.41) is 0. The van der Waals surface area contributed by atoms with Crippen molar-refractivity contribution in [2.45, 2.75) is 20.8 Å². The minimum absolute atomic E-state index is 0.00262. The molecule has 4 heteroatoms. The Morgan fingerprint density at radius 2 is 0.839 bits per heavy atom. The fourth-order valence-corrected chi connectivity index (χ4v) is 3.24. The van der Waals surface area contributed by atoms with Crippen LogP contribution < -0.4 is 0 Å². The maximum Gasteiger partial charge on any atom is 0.194 e. The van der Waals surface area contributed by atoms with E-state index in [1.807, 2.05) is 69.3 Å². The molecule has 0 radical (unpaired) electrons. The molecular formula is C27H22F4. The molecule has 0 atom stereocenters. The third-order valence-electron chi connectivity index (χ3n) is 4.87. The Morgan fingerprint density at radius 3 is 1.32 bits per heavy atom. The van der Waals surface area contributed by atoms with E-state index in [0.717, 1.165) is 28.8 Å². The van der Waals surface area contributed by atoms with Crippen LogP contribution in [0.5, 0.6) is 0 Å². The molecule has 0 nitrogen and oxygen atoms in total. The van der Waals surface area contributed by atoms with E-state index in [1.54, 1.807) is 6.07 Å². The van der Waals surface area contributed by atoms with E-state index >= 15 is 0 Å². The lowest BCUT2D eigenvalue weighted by Crippen LogP contribution is -1.94. The predicted octanol–water partition coefficient (Wildman–Crippen LogP) is 8.58.